The van der Waals surface area contributed by atoms with Gasteiger partial charge >= 0.3 is 6.18 Å². The maximum Gasteiger partial charge on any atom is 0.449 e. The van der Waals surface area contributed by atoms with Crippen LogP contribution in [0.2, 0.25) is 0 Å². The van der Waals surface area contributed by atoms with E-state index in [4.69, 9.17) is 5.11 Å². The Bertz CT molecular complexity index is 578. The zero-order chi connectivity index (χ0) is 12.8. The van der Waals surface area contributed by atoms with Gasteiger partial charge in [-0.15, -0.1) is 0 Å². The lowest BCUT2D eigenvalue weighted by molar-refractivity contribution is -0.148. The lowest BCUT2D eigenvalue weighted by Gasteiger charge is -2.07. The topological polar surface area (TPSA) is 38.0 Å². The Balaban J connectivity index is 2.80. The Kier molecular flexibility index (Phi) is 2.86. The minimum atomic E-state index is -4.70. The van der Waals surface area contributed by atoms with Crippen molar-refractivity contribution in [1.82, 2.24) is 9.55 Å². The van der Waals surface area contributed by atoms with Gasteiger partial charge in [0.2, 0.25) is 5.82 Å². The molecule has 0 unspecified atom stereocenters. The highest BCUT2D eigenvalue weighted by molar-refractivity contribution is 9.10. The van der Waals surface area contributed by atoms with Crippen molar-refractivity contribution in [3.05, 3.63) is 28.2 Å². The Labute approximate surface area is 101 Å². The number of aliphatic hydroxyl groups is 1. The van der Waals surface area contributed by atoms with Crippen LogP contribution in [0.4, 0.5) is 17.6 Å². The van der Waals surface area contributed by atoms with Crippen molar-refractivity contribution in [3.63, 3.8) is 0 Å². The molecule has 92 valence electrons. The summed E-state index contributed by atoms with van der Waals surface area (Å²) < 4.78 is 51.5. The molecule has 2 rings (SSSR count). The van der Waals surface area contributed by atoms with E-state index < -0.39 is 24.5 Å². The Morgan fingerprint density at radius 3 is 2.53 bits per heavy atom. The van der Waals surface area contributed by atoms with Gasteiger partial charge in [-0.1, -0.05) is 0 Å². The average molecular weight is 313 g/mol. The van der Waals surface area contributed by atoms with Crippen LogP contribution in [0.25, 0.3) is 11.0 Å². The molecule has 0 aliphatic carbocycles. The highest BCUT2D eigenvalue weighted by Crippen LogP contribution is 2.32. The van der Waals surface area contributed by atoms with Gasteiger partial charge in [0.05, 0.1) is 15.5 Å². The van der Waals surface area contributed by atoms with E-state index in [9.17, 15) is 17.6 Å². The number of aliphatic hydroxyl groups excluding tert-OH is 1. The second kappa shape index (κ2) is 3.95. The van der Waals surface area contributed by atoms with E-state index in [0.29, 0.717) is 4.57 Å². The number of alkyl halides is 3. The first-order valence-electron chi connectivity index (χ1n) is 4.38. The summed E-state index contributed by atoms with van der Waals surface area (Å²) in [5.74, 6) is -1.98. The van der Waals surface area contributed by atoms with Crippen molar-refractivity contribution < 1.29 is 22.7 Å². The molecule has 3 nitrogen and oxygen atoms in total. The average Bonchev–Trinajstić information content (AvgIpc) is 2.56. The molecule has 2 aromatic rings. The highest BCUT2D eigenvalue weighted by atomic mass is 79.9. The van der Waals surface area contributed by atoms with Gasteiger partial charge in [-0.25, -0.2) is 9.37 Å². The van der Waals surface area contributed by atoms with Crippen LogP contribution in [0.15, 0.2) is 16.6 Å². The van der Waals surface area contributed by atoms with E-state index in [1.54, 1.807) is 0 Å². The SMILES string of the molecule is OCn1c(C(F)(F)F)nc2cc(Br)c(F)cc21. The number of nitrogens with zero attached hydrogens (tertiary/aromatic N) is 2. The normalized spacial score (nSPS) is 12.4. The van der Waals surface area contributed by atoms with Gasteiger partial charge in [0.25, 0.3) is 0 Å². The van der Waals surface area contributed by atoms with E-state index in [1.807, 2.05) is 0 Å². The van der Waals surface area contributed by atoms with Crippen molar-refractivity contribution in [2.75, 3.05) is 0 Å². The molecule has 0 spiro atoms. The summed E-state index contributed by atoms with van der Waals surface area (Å²) in [6, 6.07) is 2.02. The molecule has 1 N–H and O–H groups in total. The van der Waals surface area contributed by atoms with Gasteiger partial charge in [-0.3, -0.25) is 4.57 Å². The molecular weight excluding hydrogens is 308 g/mol. The molecular formula is C9H5BrF4N2O. The minimum absolute atomic E-state index is 0.0151. The molecule has 8 heteroatoms. The van der Waals surface area contributed by atoms with E-state index >= 15 is 0 Å². The molecule has 0 saturated carbocycles. The summed E-state index contributed by atoms with van der Waals surface area (Å²) in [4.78, 5) is 3.34. The van der Waals surface area contributed by atoms with Gasteiger partial charge in [0.1, 0.15) is 12.5 Å². The molecule has 0 fully saturated rings. The van der Waals surface area contributed by atoms with Gasteiger partial charge in [0.15, 0.2) is 0 Å². The van der Waals surface area contributed by atoms with E-state index in [-0.39, 0.29) is 15.5 Å². The van der Waals surface area contributed by atoms with Crippen molar-refractivity contribution in [2.45, 2.75) is 12.9 Å². The molecule has 0 bridgehead atoms. The number of hydrogen-bond donors (Lipinski definition) is 1. The van der Waals surface area contributed by atoms with Crippen LogP contribution in [0.1, 0.15) is 5.82 Å². The molecule has 0 aliphatic rings. The predicted octanol–water partition coefficient (Wildman–Crippen LogP) is 2.91. The molecule has 0 radical (unpaired) electrons. The lowest BCUT2D eigenvalue weighted by atomic mass is 10.3. The van der Waals surface area contributed by atoms with Crippen molar-refractivity contribution >= 4 is 27.0 Å². The van der Waals surface area contributed by atoms with Crippen LogP contribution in [0.5, 0.6) is 0 Å². The summed E-state index contributed by atoms with van der Waals surface area (Å²) in [7, 11) is 0. The van der Waals surface area contributed by atoms with Crippen LogP contribution in [-0.4, -0.2) is 14.7 Å². The zero-order valence-corrected chi connectivity index (χ0v) is 9.68. The van der Waals surface area contributed by atoms with Crippen LogP contribution in [0.3, 0.4) is 0 Å². The third-order valence-electron chi connectivity index (χ3n) is 2.19. The summed E-state index contributed by atoms with van der Waals surface area (Å²) in [5, 5.41) is 8.92. The molecule has 1 heterocycles. The third-order valence-corrected chi connectivity index (χ3v) is 2.79. The van der Waals surface area contributed by atoms with Gasteiger partial charge < -0.3 is 5.11 Å². The first-order valence-corrected chi connectivity index (χ1v) is 5.17. The Hall–Kier alpha value is -1.15. The quantitative estimate of drug-likeness (QED) is 0.822. The number of hydrogen-bond acceptors (Lipinski definition) is 2. The van der Waals surface area contributed by atoms with E-state index in [1.165, 1.54) is 0 Å². The first-order chi connectivity index (χ1) is 7.84. The molecule has 0 aliphatic heterocycles. The van der Waals surface area contributed by atoms with Crippen LogP contribution < -0.4 is 0 Å². The fraction of sp³-hybridized carbons (Fsp3) is 0.222. The lowest BCUT2D eigenvalue weighted by Crippen LogP contribution is -2.14. The van der Waals surface area contributed by atoms with E-state index in [2.05, 4.69) is 20.9 Å². The van der Waals surface area contributed by atoms with Crippen molar-refractivity contribution in [3.8, 4) is 0 Å². The Morgan fingerprint density at radius 1 is 1.35 bits per heavy atom. The number of aromatic nitrogens is 2. The number of rotatable bonds is 1. The van der Waals surface area contributed by atoms with Crippen LogP contribution in [-0.2, 0) is 12.9 Å². The first kappa shape index (κ1) is 12.3. The summed E-state index contributed by atoms with van der Waals surface area (Å²) in [6.45, 7) is -0.924. The minimum Gasteiger partial charge on any atom is -0.376 e. The molecule has 17 heavy (non-hydrogen) atoms. The van der Waals surface area contributed by atoms with E-state index in [0.717, 1.165) is 12.1 Å². The van der Waals surface area contributed by atoms with Crippen molar-refractivity contribution in [2.24, 2.45) is 0 Å². The molecule has 1 aromatic heterocycles. The molecule has 0 atom stereocenters. The fourth-order valence-corrected chi connectivity index (χ4v) is 1.81. The van der Waals surface area contributed by atoms with Gasteiger partial charge in [0, 0.05) is 6.07 Å². The fourth-order valence-electron chi connectivity index (χ4n) is 1.48. The van der Waals surface area contributed by atoms with Gasteiger partial charge in [-0.05, 0) is 22.0 Å². The summed E-state index contributed by atoms with van der Waals surface area (Å²) in [5.41, 5.74) is -0.153. The molecule has 0 saturated heterocycles. The Morgan fingerprint density at radius 2 is 2.00 bits per heavy atom. The van der Waals surface area contributed by atoms with Gasteiger partial charge in [-0.2, -0.15) is 13.2 Å². The highest BCUT2D eigenvalue weighted by Gasteiger charge is 2.37. The summed E-state index contributed by atoms with van der Waals surface area (Å²) in [6.07, 6.45) is -4.70. The maximum absolute atomic E-state index is 13.2. The van der Waals surface area contributed by atoms with Crippen LogP contribution >= 0.6 is 15.9 Å². The molecule has 0 amide bonds. The number of fused-ring (bicyclic) bond motifs is 1. The monoisotopic (exact) mass is 312 g/mol. The standard InChI is InChI=1S/C9H5BrF4N2O/c10-4-1-6-7(2-5(4)11)16(3-17)8(15-6)9(12,13)14/h1-2,17H,3H2. The third kappa shape index (κ3) is 2.02. The molecule has 1 aromatic carbocycles. The second-order valence-corrected chi connectivity index (χ2v) is 4.11. The number of halogens is 5. The number of benzene rings is 1. The zero-order valence-electron chi connectivity index (χ0n) is 8.09. The smallest absolute Gasteiger partial charge is 0.376 e. The largest absolute Gasteiger partial charge is 0.449 e. The van der Waals surface area contributed by atoms with Crippen LogP contribution in [0, 0.1) is 5.82 Å². The maximum atomic E-state index is 13.2. The van der Waals surface area contributed by atoms with Crippen molar-refractivity contribution in [1.29, 1.82) is 0 Å². The number of imidazole rings is 1. The summed E-state index contributed by atoms with van der Waals surface area (Å²) >= 11 is 2.85. The second-order valence-electron chi connectivity index (χ2n) is 3.26. The predicted molar refractivity (Wildman–Crippen MR) is 54.6 cm³/mol.